The second-order valence-corrected chi connectivity index (χ2v) is 6.77. The Hall–Kier alpha value is -1.42. The van der Waals surface area contributed by atoms with Gasteiger partial charge in [-0.05, 0) is 32.3 Å². The molecule has 0 radical (unpaired) electrons. The Balaban J connectivity index is 1.84. The van der Waals surface area contributed by atoms with Gasteiger partial charge in [0.1, 0.15) is 0 Å². The summed E-state index contributed by atoms with van der Waals surface area (Å²) in [6.45, 7) is 6.55. The average Bonchev–Trinajstić information content (AvgIpc) is 2.77. The van der Waals surface area contributed by atoms with Crippen LogP contribution in [0.3, 0.4) is 0 Å². The van der Waals surface area contributed by atoms with Gasteiger partial charge in [0.25, 0.3) is 5.91 Å². The lowest BCUT2D eigenvalue weighted by Crippen LogP contribution is -2.40. The summed E-state index contributed by atoms with van der Waals surface area (Å²) < 4.78 is 0. The predicted molar refractivity (Wildman–Crippen MR) is 75.3 cm³/mol. The van der Waals surface area contributed by atoms with E-state index >= 15 is 0 Å². The van der Waals surface area contributed by atoms with Crippen LogP contribution in [0.5, 0.6) is 0 Å². The number of ketones is 1. The molecule has 1 aliphatic carbocycles. The number of carbonyl (C=O) groups excluding carboxylic acids is 2. The highest BCUT2D eigenvalue weighted by Crippen LogP contribution is 2.34. The molecule has 2 heterocycles. The summed E-state index contributed by atoms with van der Waals surface area (Å²) in [5.74, 6) is 0.188. The third kappa shape index (κ3) is 2.14. The lowest BCUT2D eigenvalue weighted by Gasteiger charge is -2.25. The molecular weight excluding hydrogens is 258 g/mol. The minimum atomic E-state index is -0.244. The van der Waals surface area contributed by atoms with Crippen molar-refractivity contribution >= 4 is 23.0 Å². The monoisotopic (exact) mass is 275 g/mol. The zero-order chi connectivity index (χ0) is 13.6. The van der Waals surface area contributed by atoms with Gasteiger partial charge in [-0.1, -0.05) is 12.2 Å². The molecule has 0 aromatic carbocycles. The Labute approximate surface area is 116 Å². The first-order valence-electron chi connectivity index (χ1n) is 6.66. The summed E-state index contributed by atoms with van der Waals surface area (Å²) in [5, 5.41) is 0. The van der Waals surface area contributed by atoms with E-state index in [2.05, 4.69) is 6.58 Å². The minimum absolute atomic E-state index is 0.0326. The van der Waals surface area contributed by atoms with Gasteiger partial charge >= 0.3 is 0 Å². The maximum Gasteiger partial charge on any atom is 0.256 e. The van der Waals surface area contributed by atoms with Crippen molar-refractivity contribution in [3.05, 3.63) is 33.5 Å². The summed E-state index contributed by atoms with van der Waals surface area (Å²) in [5.41, 5.74) is 1.81. The van der Waals surface area contributed by atoms with Crippen molar-refractivity contribution in [1.29, 1.82) is 0 Å². The first kappa shape index (κ1) is 12.6. The van der Waals surface area contributed by atoms with Crippen LogP contribution in [0.1, 0.15) is 45.8 Å². The summed E-state index contributed by atoms with van der Waals surface area (Å²) >= 11 is 1.66. The summed E-state index contributed by atoms with van der Waals surface area (Å²) in [6.07, 6.45) is 3.06. The van der Waals surface area contributed by atoms with Gasteiger partial charge in [-0.25, -0.2) is 0 Å². The number of aryl methyl sites for hydroxylation is 1. The van der Waals surface area contributed by atoms with Crippen molar-refractivity contribution in [1.82, 2.24) is 4.90 Å². The Kier molecular flexibility index (Phi) is 3.05. The average molecular weight is 275 g/mol. The van der Waals surface area contributed by atoms with Crippen LogP contribution >= 0.6 is 11.3 Å². The second kappa shape index (κ2) is 4.60. The van der Waals surface area contributed by atoms with Gasteiger partial charge in [0.2, 0.25) is 0 Å². The fraction of sp³-hybridized carbons (Fsp3) is 0.467. The van der Waals surface area contributed by atoms with E-state index in [1.165, 1.54) is 4.88 Å². The van der Waals surface area contributed by atoms with Crippen molar-refractivity contribution in [2.75, 3.05) is 0 Å². The maximum absolute atomic E-state index is 12.4. The van der Waals surface area contributed by atoms with Gasteiger partial charge in [0.05, 0.1) is 18.2 Å². The number of thiophene rings is 1. The molecule has 0 spiro atoms. The Bertz CT molecular complexity index is 573. The molecule has 19 heavy (non-hydrogen) atoms. The summed E-state index contributed by atoms with van der Waals surface area (Å²) in [7, 11) is 0. The molecule has 1 aliphatic heterocycles. The molecule has 1 atom stereocenters. The largest absolute Gasteiger partial charge is 0.323 e. The fourth-order valence-corrected chi connectivity index (χ4v) is 4.01. The normalized spacial score (nSPS) is 23.7. The van der Waals surface area contributed by atoms with Crippen LogP contribution in [0.4, 0.5) is 0 Å². The first-order chi connectivity index (χ1) is 9.06. The molecule has 0 bridgehead atoms. The SMILES string of the molecule is C=C1CCCC(N2Cc3sc(C)cc3C2=O)C(=O)C1. The van der Waals surface area contributed by atoms with Crippen LogP contribution in [0.25, 0.3) is 0 Å². The van der Waals surface area contributed by atoms with Gasteiger partial charge in [0, 0.05) is 16.2 Å². The van der Waals surface area contributed by atoms with Crippen LogP contribution in [-0.2, 0) is 11.3 Å². The quantitative estimate of drug-likeness (QED) is 0.583. The number of carbonyl (C=O) groups is 2. The van der Waals surface area contributed by atoms with Gasteiger partial charge in [0.15, 0.2) is 5.78 Å². The van der Waals surface area contributed by atoms with Crippen molar-refractivity contribution in [3.63, 3.8) is 0 Å². The van der Waals surface area contributed by atoms with Crippen LogP contribution in [-0.4, -0.2) is 22.6 Å². The zero-order valence-corrected chi connectivity index (χ0v) is 11.9. The Morgan fingerprint density at radius 3 is 2.95 bits per heavy atom. The number of allylic oxidation sites excluding steroid dienone is 1. The molecule has 1 aromatic heterocycles. The number of Topliss-reactive ketones (excluding diaryl/α,β-unsaturated/α-hetero) is 1. The standard InChI is InChI=1S/C15H17NO2S/c1-9-4-3-5-12(13(17)6-9)16-8-14-11(15(16)18)7-10(2)19-14/h7,12H,1,3-6,8H2,2H3. The molecule has 0 N–H and O–H groups in total. The van der Waals surface area contributed by atoms with Crippen LogP contribution < -0.4 is 0 Å². The smallest absolute Gasteiger partial charge is 0.256 e. The van der Waals surface area contributed by atoms with Crippen molar-refractivity contribution in [2.45, 2.75) is 45.2 Å². The Morgan fingerprint density at radius 2 is 2.21 bits per heavy atom. The number of hydrogen-bond acceptors (Lipinski definition) is 3. The lowest BCUT2D eigenvalue weighted by atomic mass is 10.1. The van der Waals surface area contributed by atoms with Crippen LogP contribution in [0.2, 0.25) is 0 Å². The van der Waals surface area contributed by atoms with E-state index in [1.54, 1.807) is 16.2 Å². The molecule has 3 nitrogen and oxygen atoms in total. The van der Waals surface area contributed by atoms with E-state index < -0.39 is 0 Å². The lowest BCUT2D eigenvalue weighted by molar-refractivity contribution is -0.122. The molecule has 1 saturated carbocycles. The van der Waals surface area contributed by atoms with Gasteiger partial charge in [-0.3, -0.25) is 9.59 Å². The van der Waals surface area contributed by atoms with E-state index in [1.807, 2.05) is 13.0 Å². The van der Waals surface area contributed by atoms with E-state index in [0.29, 0.717) is 13.0 Å². The molecule has 1 aromatic rings. The molecule has 1 fully saturated rings. The van der Waals surface area contributed by atoms with E-state index in [0.717, 1.165) is 35.3 Å². The molecular formula is C15H17NO2S. The number of fused-ring (bicyclic) bond motifs is 1. The van der Waals surface area contributed by atoms with Gasteiger partial charge in [-0.2, -0.15) is 0 Å². The molecule has 4 heteroatoms. The Morgan fingerprint density at radius 1 is 1.42 bits per heavy atom. The van der Waals surface area contributed by atoms with E-state index in [9.17, 15) is 9.59 Å². The van der Waals surface area contributed by atoms with Crippen molar-refractivity contribution in [2.24, 2.45) is 0 Å². The minimum Gasteiger partial charge on any atom is -0.323 e. The zero-order valence-electron chi connectivity index (χ0n) is 11.1. The predicted octanol–water partition coefficient (Wildman–Crippen LogP) is 3.08. The first-order valence-corrected chi connectivity index (χ1v) is 7.47. The number of rotatable bonds is 1. The van der Waals surface area contributed by atoms with Crippen molar-refractivity contribution < 1.29 is 9.59 Å². The summed E-state index contributed by atoms with van der Waals surface area (Å²) in [4.78, 5) is 28.7. The number of hydrogen-bond donors (Lipinski definition) is 0. The molecule has 2 aliphatic rings. The fourth-order valence-electron chi connectivity index (χ4n) is 2.98. The topological polar surface area (TPSA) is 37.4 Å². The molecule has 100 valence electrons. The van der Waals surface area contributed by atoms with E-state index in [4.69, 9.17) is 0 Å². The highest BCUT2D eigenvalue weighted by molar-refractivity contribution is 7.12. The highest BCUT2D eigenvalue weighted by atomic mass is 32.1. The molecule has 0 saturated heterocycles. The summed E-state index contributed by atoms with van der Waals surface area (Å²) in [6, 6.07) is 1.70. The van der Waals surface area contributed by atoms with Crippen molar-refractivity contribution in [3.8, 4) is 0 Å². The number of amides is 1. The molecule has 3 rings (SSSR count). The molecule has 1 amide bonds. The van der Waals surface area contributed by atoms with Gasteiger partial charge < -0.3 is 4.90 Å². The van der Waals surface area contributed by atoms with E-state index in [-0.39, 0.29) is 17.7 Å². The van der Waals surface area contributed by atoms with Crippen LogP contribution in [0, 0.1) is 6.92 Å². The molecule has 1 unspecified atom stereocenters. The highest BCUT2D eigenvalue weighted by Gasteiger charge is 2.37. The second-order valence-electron chi connectivity index (χ2n) is 5.43. The maximum atomic E-state index is 12.4. The van der Waals surface area contributed by atoms with Crippen LogP contribution in [0.15, 0.2) is 18.2 Å². The third-order valence-corrected chi connectivity index (χ3v) is 4.95. The van der Waals surface area contributed by atoms with Gasteiger partial charge in [-0.15, -0.1) is 11.3 Å². The number of nitrogens with zero attached hydrogens (tertiary/aromatic N) is 1. The third-order valence-electron chi connectivity index (χ3n) is 3.92.